The summed E-state index contributed by atoms with van der Waals surface area (Å²) in [5.41, 5.74) is 0. The van der Waals surface area contributed by atoms with Gasteiger partial charge in [0.05, 0.1) is 37.4 Å². The molecule has 1 aromatic rings. The molecule has 1 aliphatic rings. The highest BCUT2D eigenvalue weighted by molar-refractivity contribution is 7.11. The van der Waals surface area contributed by atoms with Crippen LogP contribution >= 0.6 is 11.3 Å². The van der Waals surface area contributed by atoms with Crippen molar-refractivity contribution >= 4 is 34.9 Å². The van der Waals surface area contributed by atoms with Gasteiger partial charge in [-0.15, -0.1) is 11.3 Å². The number of ether oxygens (including phenoxy) is 3. The van der Waals surface area contributed by atoms with E-state index in [1.165, 1.54) is 11.3 Å². The minimum Gasteiger partial charge on any atom is -0.447 e. The summed E-state index contributed by atoms with van der Waals surface area (Å²) in [6, 6.07) is -0.850. The summed E-state index contributed by atoms with van der Waals surface area (Å²) in [7, 11) is 1.56. The summed E-state index contributed by atoms with van der Waals surface area (Å²) in [5.74, 6) is -2.77. The van der Waals surface area contributed by atoms with Crippen LogP contribution in [-0.4, -0.2) is 68.1 Å². The Hall–Kier alpha value is -2.37. The van der Waals surface area contributed by atoms with Crippen molar-refractivity contribution in [3.8, 4) is 0 Å². The predicted molar refractivity (Wildman–Crippen MR) is 112 cm³/mol. The highest BCUT2D eigenvalue weighted by Crippen LogP contribution is 2.22. The average molecular weight is 456 g/mol. The van der Waals surface area contributed by atoms with Gasteiger partial charge in [0.2, 0.25) is 5.78 Å². The van der Waals surface area contributed by atoms with Crippen molar-refractivity contribution in [3.05, 3.63) is 16.1 Å². The Morgan fingerprint density at radius 3 is 2.71 bits per heavy atom. The normalized spacial score (nSPS) is 17.4. The Bertz CT molecular complexity index is 781. The number of amides is 2. The van der Waals surface area contributed by atoms with Gasteiger partial charge in [-0.2, -0.15) is 0 Å². The Balaban J connectivity index is 1.93. The van der Waals surface area contributed by atoms with E-state index in [0.717, 1.165) is 4.88 Å². The Labute approximate surface area is 185 Å². The number of alkyl carbamates (subject to hydrolysis) is 1. The molecule has 0 aliphatic carbocycles. The van der Waals surface area contributed by atoms with Crippen LogP contribution in [0.1, 0.15) is 30.2 Å². The van der Waals surface area contributed by atoms with Crippen LogP contribution in [0.4, 0.5) is 4.79 Å². The van der Waals surface area contributed by atoms with Crippen molar-refractivity contribution in [2.75, 3.05) is 33.5 Å². The first-order valence-electron chi connectivity index (χ1n) is 10.1. The fraction of sp³-hybridized carbons (Fsp3) is 0.650. The second kappa shape index (κ2) is 12.5. The maximum Gasteiger partial charge on any atom is 0.407 e. The van der Waals surface area contributed by atoms with Gasteiger partial charge in [-0.3, -0.25) is 14.4 Å². The lowest BCUT2D eigenvalue weighted by atomic mass is 9.88. The molecule has 10 nitrogen and oxygen atoms in total. The molecule has 0 radical (unpaired) electrons. The molecule has 2 N–H and O–H groups in total. The smallest absolute Gasteiger partial charge is 0.407 e. The number of fused-ring (bicyclic) bond motifs is 2. The molecule has 0 saturated carbocycles. The van der Waals surface area contributed by atoms with Gasteiger partial charge < -0.3 is 24.8 Å². The maximum absolute atomic E-state index is 12.9. The molecule has 2 bridgehead atoms. The molecule has 0 saturated heterocycles. The monoisotopic (exact) mass is 455 g/mol. The van der Waals surface area contributed by atoms with E-state index < -0.39 is 29.7 Å². The zero-order chi connectivity index (χ0) is 22.8. The number of nitrogens with zero attached hydrogens (tertiary/aromatic N) is 1. The molecular weight excluding hydrogens is 426 g/mol. The van der Waals surface area contributed by atoms with Gasteiger partial charge in [-0.1, -0.05) is 13.8 Å². The van der Waals surface area contributed by atoms with Crippen molar-refractivity contribution < 1.29 is 33.4 Å². The molecule has 0 fully saturated rings. The van der Waals surface area contributed by atoms with Gasteiger partial charge in [0, 0.05) is 36.9 Å². The van der Waals surface area contributed by atoms with Gasteiger partial charge >= 0.3 is 6.09 Å². The number of carbonyl (C=O) groups excluding carboxylic acids is 4. The number of rotatable bonds is 11. The van der Waals surface area contributed by atoms with E-state index in [-0.39, 0.29) is 44.3 Å². The van der Waals surface area contributed by atoms with Crippen molar-refractivity contribution in [1.29, 1.82) is 0 Å². The topological polar surface area (TPSA) is 133 Å². The minimum absolute atomic E-state index is 0.0300. The van der Waals surface area contributed by atoms with E-state index in [4.69, 9.17) is 14.2 Å². The van der Waals surface area contributed by atoms with Gasteiger partial charge in [-0.05, 0) is 5.92 Å². The van der Waals surface area contributed by atoms with Crippen molar-refractivity contribution in [3.63, 3.8) is 0 Å². The molecule has 2 amide bonds. The summed E-state index contributed by atoms with van der Waals surface area (Å²) in [6.07, 6.45) is 0.939. The zero-order valence-electron chi connectivity index (χ0n) is 18.0. The molecule has 11 heteroatoms. The summed E-state index contributed by atoms with van der Waals surface area (Å²) in [5, 5.41) is 5.81. The van der Waals surface area contributed by atoms with Crippen LogP contribution in [0.15, 0.2) is 6.20 Å². The molecule has 0 aromatic carbocycles. The number of ketones is 2. The lowest BCUT2D eigenvalue weighted by Gasteiger charge is -2.23. The van der Waals surface area contributed by atoms with E-state index in [0.29, 0.717) is 18.2 Å². The third kappa shape index (κ3) is 8.00. The van der Waals surface area contributed by atoms with Crippen LogP contribution in [0.2, 0.25) is 0 Å². The fourth-order valence-corrected chi connectivity index (χ4v) is 3.97. The molecule has 2 heterocycles. The summed E-state index contributed by atoms with van der Waals surface area (Å²) < 4.78 is 15.1. The fourth-order valence-electron chi connectivity index (χ4n) is 3.03. The van der Waals surface area contributed by atoms with Crippen molar-refractivity contribution in [2.45, 2.75) is 39.3 Å². The van der Waals surface area contributed by atoms with Gasteiger partial charge in [0.25, 0.3) is 5.91 Å². The van der Waals surface area contributed by atoms with Crippen LogP contribution in [-0.2, 0) is 41.6 Å². The molecule has 0 spiro atoms. The van der Waals surface area contributed by atoms with Crippen LogP contribution < -0.4 is 10.6 Å². The van der Waals surface area contributed by atoms with Crippen LogP contribution in [0.5, 0.6) is 0 Å². The largest absolute Gasteiger partial charge is 0.447 e. The second-order valence-electron chi connectivity index (χ2n) is 7.45. The van der Waals surface area contributed by atoms with E-state index in [1.807, 2.05) is 0 Å². The quantitative estimate of drug-likeness (QED) is 0.371. The van der Waals surface area contributed by atoms with Crippen LogP contribution in [0.25, 0.3) is 0 Å². The summed E-state index contributed by atoms with van der Waals surface area (Å²) >= 11 is 1.40. The summed E-state index contributed by atoms with van der Waals surface area (Å²) in [4.78, 5) is 54.8. The first kappa shape index (κ1) is 24.9. The molecular formula is C20H29N3O7S. The second-order valence-corrected chi connectivity index (χ2v) is 8.65. The molecule has 1 aliphatic heterocycles. The molecule has 1 aromatic heterocycles. The molecule has 172 valence electrons. The van der Waals surface area contributed by atoms with Crippen molar-refractivity contribution in [1.82, 2.24) is 15.6 Å². The lowest BCUT2D eigenvalue weighted by molar-refractivity contribution is -0.141. The predicted octanol–water partition coefficient (Wildman–Crippen LogP) is 0.874. The molecule has 2 atom stereocenters. The van der Waals surface area contributed by atoms with E-state index in [1.54, 1.807) is 27.2 Å². The van der Waals surface area contributed by atoms with E-state index in [9.17, 15) is 19.2 Å². The number of carbonyl (C=O) groups is 4. The number of hydrogen-bond donors (Lipinski definition) is 2. The number of Topliss-reactive ketones (excluding diaryl/α,β-unsaturated/α-hetero) is 2. The number of methoxy groups -OCH3 is 1. The molecule has 2 unspecified atom stereocenters. The van der Waals surface area contributed by atoms with Gasteiger partial charge in [0.15, 0.2) is 5.78 Å². The number of nitrogens with one attached hydrogen (secondary N) is 2. The SMILES string of the molecule is COCCOCCOC(=O)NC(C(=O)CC1Cc2ncc(s2)CNC(=O)C1=O)C(C)C. The zero-order valence-corrected chi connectivity index (χ0v) is 18.8. The number of thiazole rings is 1. The third-order valence-corrected chi connectivity index (χ3v) is 5.69. The minimum atomic E-state index is -0.850. The van der Waals surface area contributed by atoms with E-state index >= 15 is 0 Å². The first-order valence-corrected chi connectivity index (χ1v) is 10.9. The average Bonchev–Trinajstić information content (AvgIpc) is 3.19. The van der Waals surface area contributed by atoms with Crippen LogP contribution in [0.3, 0.4) is 0 Å². The Kier molecular flexibility index (Phi) is 10.0. The van der Waals surface area contributed by atoms with Crippen LogP contribution in [0, 0.1) is 11.8 Å². The lowest BCUT2D eigenvalue weighted by Crippen LogP contribution is -2.46. The standard InChI is InChI=1S/C20H29N3O7S/c1-12(2)17(23-20(27)30-7-6-29-5-4-28-3)15(24)8-13-9-16-21-10-14(31-16)11-22-19(26)18(13)25/h10,12-13,17H,4-9,11H2,1-3H3,(H,22,26)(H,23,27). The molecule has 31 heavy (non-hydrogen) atoms. The highest BCUT2D eigenvalue weighted by atomic mass is 32.1. The summed E-state index contributed by atoms with van der Waals surface area (Å²) in [6.45, 7) is 4.86. The van der Waals surface area contributed by atoms with Crippen molar-refractivity contribution in [2.24, 2.45) is 11.8 Å². The Morgan fingerprint density at radius 2 is 2.00 bits per heavy atom. The molecule has 2 rings (SSSR count). The third-order valence-electron chi connectivity index (χ3n) is 4.67. The number of aromatic nitrogens is 1. The highest BCUT2D eigenvalue weighted by Gasteiger charge is 2.33. The maximum atomic E-state index is 12.9. The van der Waals surface area contributed by atoms with E-state index in [2.05, 4.69) is 15.6 Å². The Morgan fingerprint density at radius 1 is 1.26 bits per heavy atom. The van der Waals surface area contributed by atoms with Gasteiger partial charge in [0.1, 0.15) is 6.61 Å². The first-order chi connectivity index (χ1) is 14.8. The van der Waals surface area contributed by atoms with Gasteiger partial charge in [-0.25, -0.2) is 9.78 Å². The number of hydrogen-bond acceptors (Lipinski definition) is 9.